The van der Waals surface area contributed by atoms with Gasteiger partial charge in [0.1, 0.15) is 17.3 Å². The summed E-state index contributed by atoms with van der Waals surface area (Å²) in [6, 6.07) is 12.1. The first kappa shape index (κ1) is 25.0. The first-order chi connectivity index (χ1) is 17.7. The predicted octanol–water partition coefficient (Wildman–Crippen LogP) is 4.05. The molecule has 1 aromatic carbocycles. The van der Waals surface area contributed by atoms with Gasteiger partial charge >= 0.3 is 0 Å². The summed E-state index contributed by atoms with van der Waals surface area (Å²) in [6.45, 7) is 7.50. The lowest BCUT2D eigenvalue weighted by molar-refractivity contribution is 0.0305. The number of aryl methyl sites for hydroxylation is 1. The summed E-state index contributed by atoms with van der Waals surface area (Å²) in [5.41, 5.74) is 2.30. The molecule has 0 radical (unpaired) electrons. The van der Waals surface area contributed by atoms with Gasteiger partial charge in [-0.05, 0) is 66.9 Å². The van der Waals surface area contributed by atoms with Gasteiger partial charge in [-0.3, -0.25) is 9.78 Å². The minimum absolute atomic E-state index is 0.109. The van der Waals surface area contributed by atoms with Crippen LogP contribution in [0.5, 0.6) is 0 Å². The fraction of sp³-hybridized carbons (Fsp3) is 0.370. The highest BCUT2D eigenvalue weighted by Gasteiger charge is 2.37. The van der Waals surface area contributed by atoms with Gasteiger partial charge in [-0.1, -0.05) is 6.07 Å². The number of nitrogens with zero attached hydrogens (tertiary/aromatic N) is 4. The van der Waals surface area contributed by atoms with Crippen molar-refractivity contribution in [3.63, 3.8) is 0 Å². The van der Waals surface area contributed by atoms with E-state index in [0.29, 0.717) is 32.0 Å². The highest BCUT2D eigenvalue weighted by Crippen LogP contribution is 2.35. The van der Waals surface area contributed by atoms with E-state index in [1.165, 1.54) is 12.3 Å². The largest absolute Gasteiger partial charge is 0.386 e. The molecule has 2 fully saturated rings. The summed E-state index contributed by atoms with van der Waals surface area (Å²) in [4.78, 5) is 25.5. The molecule has 3 aromatic rings. The Morgan fingerprint density at radius 1 is 1.08 bits per heavy atom. The average molecular weight is 510 g/mol. The third kappa shape index (κ3) is 5.55. The minimum atomic E-state index is -2.75. The van der Waals surface area contributed by atoms with Gasteiger partial charge in [-0.15, -0.1) is 0 Å². The molecular formula is C27H29F2N5O3. The van der Waals surface area contributed by atoms with Crippen LogP contribution in [0.3, 0.4) is 0 Å². The van der Waals surface area contributed by atoms with Crippen molar-refractivity contribution in [2.75, 3.05) is 54.5 Å². The van der Waals surface area contributed by atoms with Crippen molar-refractivity contribution in [2.45, 2.75) is 25.9 Å². The van der Waals surface area contributed by atoms with Crippen LogP contribution in [0.1, 0.15) is 35.0 Å². The molecule has 0 saturated carbocycles. The lowest BCUT2D eigenvalue weighted by Gasteiger charge is -2.45. The maximum Gasteiger partial charge on any atom is 0.280 e. The molecule has 0 atom stereocenters. The number of benzene rings is 1. The van der Waals surface area contributed by atoms with Crippen LogP contribution in [-0.4, -0.2) is 66.0 Å². The quantitative estimate of drug-likeness (QED) is 0.518. The van der Waals surface area contributed by atoms with E-state index < -0.39 is 23.6 Å². The number of amides is 1. The molecule has 0 spiro atoms. The van der Waals surface area contributed by atoms with Crippen molar-refractivity contribution in [3.8, 4) is 11.1 Å². The van der Waals surface area contributed by atoms with Crippen LogP contribution in [0, 0.1) is 6.92 Å². The zero-order valence-corrected chi connectivity index (χ0v) is 20.7. The summed E-state index contributed by atoms with van der Waals surface area (Å²) in [5, 5.41) is 13.1. The number of aromatic nitrogens is 2. The number of ether oxygens (including phenoxy) is 1. The lowest BCUT2D eigenvalue weighted by atomic mass is 9.96. The van der Waals surface area contributed by atoms with E-state index >= 15 is 0 Å². The van der Waals surface area contributed by atoms with Crippen molar-refractivity contribution in [1.82, 2.24) is 9.97 Å². The molecule has 1 amide bonds. The molecule has 194 valence electrons. The number of pyridine rings is 2. The zero-order chi connectivity index (χ0) is 26.2. The summed E-state index contributed by atoms with van der Waals surface area (Å²) in [5.74, 6) is 1.11. The van der Waals surface area contributed by atoms with Crippen molar-refractivity contribution in [3.05, 3.63) is 65.5 Å². The molecule has 37 heavy (non-hydrogen) atoms. The Bertz CT molecular complexity index is 1300. The predicted molar refractivity (Wildman–Crippen MR) is 137 cm³/mol. The normalized spacial score (nSPS) is 17.0. The number of hydrogen-bond acceptors (Lipinski definition) is 7. The fourth-order valence-electron chi connectivity index (χ4n) is 4.63. The molecule has 10 heteroatoms. The first-order valence-corrected chi connectivity index (χ1v) is 12.2. The van der Waals surface area contributed by atoms with Gasteiger partial charge in [0.2, 0.25) is 0 Å². The number of carbonyl (C=O) groups is 1. The number of morpholine rings is 1. The number of β-amino-alcohol motifs (C(OH)–C–C–N with tert-alkyl or cyclic N) is 1. The number of carbonyl (C=O) groups excluding carboxylic acids is 1. The molecule has 2 saturated heterocycles. The van der Waals surface area contributed by atoms with Crippen LogP contribution < -0.4 is 15.1 Å². The van der Waals surface area contributed by atoms with Gasteiger partial charge in [-0.25, -0.2) is 13.8 Å². The first-order valence-electron chi connectivity index (χ1n) is 12.2. The van der Waals surface area contributed by atoms with Crippen LogP contribution in [-0.2, 0) is 4.74 Å². The van der Waals surface area contributed by atoms with Crippen LogP contribution in [0.15, 0.2) is 48.7 Å². The van der Waals surface area contributed by atoms with Gasteiger partial charge in [0.05, 0.1) is 18.8 Å². The lowest BCUT2D eigenvalue weighted by Crippen LogP contribution is -2.60. The van der Waals surface area contributed by atoms with Gasteiger partial charge in [0.15, 0.2) is 0 Å². The summed E-state index contributed by atoms with van der Waals surface area (Å²) >= 11 is 0. The number of halogens is 2. The summed E-state index contributed by atoms with van der Waals surface area (Å²) in [7, 11) is 0. The van der Waals surface area contributed by atoms with Gasteiger partial charge < -0.3 is 25.0 Å². The van der Waals surface area contributed by atoms with Crippen molar-refractivity contribution < 1.29 is 23.4 Å². The Labute approximate surface area is 213 Å². The van der Waals surface area contributed by atoms with E-state index in [1.807, 2.05) is 36.1 Å². The van der Waals surface area contributed by atoms with Crippen LogP contribution >= 0.6 is 0 Å². The van der Waals surface area contributed by atoms with Crippen molar-refractivity contribution >= 4 is 23.2 Å². The second kappa shape index (κ2) is 10.0. The van der Waals surface area contributed by atoms with Crippen LogP contribution in [0.2, 0.25) is 0 Å². The number of aliphatic hydroxyl groups is 1. The molecule has 4 heterocycles. The van der Waals surface area contributed by atoms with E-state index in [-0.39, 0.29) is 5.56 Å². The highest BCUT2D eigenvalue weighted by atomic mass is 19.3. The molecule has 8 nitrogen and oxygen atoms in total. The van der Waals surface area contributed by atoms with E-state index in [4.69, 9.17) is 9.72 Å². The maximum absolute atomic E-state index is 13.0. The number of nitrogens with one attached hydrogen (secondary N) is 1. The minimum Gasteiger partial charge on any atom is -0.386 e. The Morgan fingerprint density at radius 3 is 2.46 bits per heavy atom. The topological polar surface area (TPSA) is 90.8 Å². The molecule has 2 N–H and O–H groups in total. The van der Waals surface area contributed by atoms with E-state index in [1.54, 1.807) is 13.0 Å². The molecule has 2 aliphatic rings. The van der Waals surface area contributed by atoms with Gasteiger partial charge in [0.25, 0.3) is 12.3 Å². The van der Waals surface area contributed by atoms with Gasteiger partial charge in [-0.2, -0.15) is 0 Å². The molecular weight excluding hydrogens is 480 g/mol. The second-order valence-corrected chi connectivity index (χ2v) is 9.78. The smallest absolute Gasteiger partial charge is 0.280 e. The fourth-order valence-corrected chi connectivity index (χ4v) is 4.63. The SMILES string of the molecule is Cc1ccc(NC(=O)c2ccnc(C(F)F)c2)cc1-c1cc(N2CCOCC2)nc(N2CC(C)(O)C2)c1. The van der Waals surface area contributed by atoms with Crippen LogP contribution in [0.4, 0.5) is 26.1 Å². The number of alkyl halides is 2. The Hall–Kier alpha value is -3.63. The third-order valence-corrected chi connectivity index (χ3v) is 6.59. The summed E-state index contributed by atoms with van der Waals surface area (Å²) in [6.07, 6.45) is -1.55. The summed E-state index contributed by atoms with van der Waals surface area (Å²) < 4.78 is 31.6. The van der Waals surface area contributed by atoms with Crippen LogP contribution in [0.25, 0.3) is 11.1 Å². The third-order valence-electron chi connectivity index (χ3n) is 6.59. The van der Waals surface area contributed by atoms with E-state index in [2.05, 4.69) is 15.2 Å². The molecule has 0 aliphatic carbocycles. The van der Waals surface area contributed by atoms with Crippen molar-refractivity contribution in [2.24, 2.45) is 0 Å². The Kier molecular flexibility index (Phi) is 6.78. The maximum atomic E-state index is 13.0. The van der Waals surface area contributed by atoms with E-state index in [0.717, 1.165) is 47.5 Å². The number of rotatable bonds is 6. The Balaban J connectivity index is 1.46. The van der Waals surface area contributed by atoms with Gasteiger partial charge in [0, 0.05) is 43.6 Å². The van der Waals surface area contributed by atoms with E-state index in [9.17, 15) is 18.7 Å². The Morgan fingerprint density at radius 2 is 1.78 bits per heavy atom. The molecule has 2 aromatic heterocycles. The molecule has 5 rings (SSSR count). The monoisotopic (exact) mass is 509 g/mol. The second-order valence-electron chi connectivity index (χ2n) is 9.78. The van der Waals surface area contributed by atoms with Crippen molar-refractivity contribution in [1.29, 1.82) is 0 Å². The number of anilines is 3. The standard InChI is InChI=1S/C27H29F2N5O3/c1-17-3-4-20(31-26(35)18-5-6-30-22(11-18)25(28)29)14-21(17)19-12-23(33-7-9-37-10-8-33)32-24(13-19)34-15-27(2,36)16-34/h3-6,11-14,25,36H,7-10,15-16H2,1-2H3,(H,31,35). The molecule has 2 aliphatic heterocycles. The molecule has 0 unspecified atom stereocenters. The number of hydrogen-bond donors (Lipinski definition) is 2. The molecule has 0 bridgehead atoms. The average Bonchev–Trinajstić information content (AvgIpc) is 2.88. The highest BCUT2D eigenvalue weighted by molar-refractivity contribution is 6.04. The zero-order valence-electron chi connectivity index (χ0n) is 20.7.